The summed E-state index contributed by atoms with van der Waals surface area (Å²) < 4.78 is 5.57. The van der Waals surface area contributed by atoms with Gasteiger partial charge in [0, 0.05) is 5.02 Å². The third-order valence-electron chi connectivity index (χ3n) is 2.07. The van der Waals surface area contributed by atoms with Crippen molar-refractivity contribution in [3.8, 4) is 5.75 Å². The summed E-state index contributed by atoms with van der Waals surface area (Å²) in [6.07, 6.45) is 3.02. The Morgan fingerprint density at radius 1 is 1.47 bits per heavy atom. The largest absolute Gasteiger partial charge is 0.483 e. The summed E-state index contributed by atoms with van der Waals surface area (Å²) in [5.41, 5.74) is 0.415. The van der Waals surface area contributed by atoms with E-state index in [2.05, 4.69) is 5.16 Å². The lowest BCUT2D eigenvalue weighted by Crippen LogP contribution is -2.22. The quantitative estimate of drug-likeness (QED) is 0.508. The van der Waals surface area contributed by atoms with E-state index in [1.807, 2.05) is 6.92 Å². The van der Waals surface area contributed by atoms with Gasteiger partial charge in [-0.3, -0.25) is 0 Å². The minimum atomic E-state index is -0.408. The molecular formula is C12H13Cl2NO2. The predicted octanol–water partition coefficient (Wildman–Crippen LogP) is 4.17. The van der Waals surface area contributed by atoms with Gasteiger partial charge in [-0.1, -0.05) is 34.4 Å². The first-order valence-corrected chi connectivity index (χ1v) is 5.80. The number of allylic oxidation sites excluding steroid dienone is 1. The highest BCUT2D eigenvalue weighted by atomic mass is 35.5. The molecule has 1 rings (SSSR count). The van der Waals surface area contributed by atoms with Crippen molar-refractivity contribution in [3.05, 3.63) is 40.4 Å². The smallest absolute Gasteiger partial charge is 0.141 e. The van der Waals surface area contributed by atoms with Crippen LogP contribution in [0.15, 0.2) is 35.5 Å². The highest BCUT2D eigenvalue weighted by molar-refractivity contribution is 6.35. The van der Waals surface area contributed by atoms with Gasteiger partial charge < -0.3 is 9.94 Å². The van der Waals surface area contributed by atoms with Gasteiger partial charge in [-0.2, -0.15) is 0 Å². The maximum absolute atomic E-state index is 8.82. The average Bonchev–Trinajstić information content (AvgIpc) is 2.29. The van der Waals surface area contributed by atoms with E-state index in [1.165, 1.54) is 0 Å². The summed E-state index contributed by atoms with van der Waals surface area (Å²) in [5, 5.41) is 12.9. The minimum Gasteiger partial charge on any atom is -0.483 e. The lowest BCUT2D eigenvalue weighted by atomic mass is 10.2. The minimum absolute atomic E-state index is 0.408. The molecule has 0 saturated carbocycles. The fourth-order valence-corrected chi connectivity index (χ4v) is 1.70. The van der Waals surface area contributed by atoms with E-state index in [1.54, 1.807) is 37.3 Å². The normalized spacial score (nSPS) is 14.0. The number of hydrogen-bond acceptors (Lipinski definition) is 3. The van der Waals surface area contributed by atoms with Crippen LogP contribution in [-0.4, -0.2) is 17.0 Å². The van der Waals surface area contributed by atoms with Crippen LogP contribution in [0.2, 0.25) is 10.0 Å². The number of rotatable bonds is 4. The zero-order chi connectivity index (χ0) is 12.8. The Balaban J connectivity index is 2.84. The molecule has 5 heteroatoms. The first kappa shape index (κ1) is 13.9. The fraction of sp³-hybridized carbons (Fsp3) is 0.250. The highest BCUT2D eigenvalue weighted by Crippen LogP contribution is 2.28. The zero-order valence-corrected chi connectivity index (χ0v) is 11.0. The van der Waals surface area contributed by atoms with Gasteiger partial charge in [0.1, 0.15) is 17.6 Å². The van der Waals surface area contributed by atoms with E-state index >= 15 is 0 Å². The first-order valence-electron chi connectivity index (χ1n) is 5.04. The van der Waals surface area contributed by atoms with Crippen molar-refractivity contribution in [1.29, 1.82) is 0 Å². The summed E-state index contributed by atoms with van der Waals surface area (Å²) in [6.45, 7) is 3.59. The second kappa shape index (κ2) is 6.52. The third-order valence-corrected chi connectivity index (χ3v) is 2.60. The van der Waals surface area contributed by atoms with Crippen LogP contribution in [0.3, 0.4) is 0 Å². The Labute approximate surface area is 110 Å². The molecule has 1 aromatic carbocycles. The van der Waals surface area contributed by atoms with Crippen molar-refractivity contribution >= 4 is 28.9 Å². The fourth-order valence-electron chi connectivity index (χ4n) is 1.24. The van der Waals surface area contributed by atoms with Crippen molar-refractivity contribution in [2.75, 3.05) is 0 Å². The number of nitrogens with zero attached hydrogens (tertiary/aromatic N) is 1. The molecule has 0 fully saturated rings. The molecule has 0 spiro atoms. The van der Waals surface area contributed by atoms with Gasteiger partial charge >= 0.3 is 0 Å². The standard InChI is InChI=1S/C12H13Cl2NO2/c1-3-4-11(15-16)8(2)17-12-6-5-9(13)7-10(12)14/h3-8,16H,1-2H3/b4-3+,15-11-. The SMILES string of the molecule is C/C=C/C(=N/O)C(C)Oc1ccc(Cl)cc1Cl. The van der Waals surface area contributed by atoms with Gasteiger partial charge in [-0.05, 0) is 38.1 Å². The predicted molar refractivity (Wildman–Crippen MR) is 70.6 cm³/mol. The van der Waals surface area contributed by atoms with Crippen LogP contribution in [0.4, 0.5) is 0 Å². The number of benzene rings is 1. The van der Waals surface area contributed by atoms with Crippen LogP contribution in [0, 0.1) is 0 Å². The second-order valence-corrected chi connectivity index (χ2v) is 4.20. The molecule has 0 aliphatic heterocycles. The van der Waals surface area contributed by atoms with Crippen LogP contribution in [-0.2, 0) is 0 Å². The molecule has 92 valence electrons. The van der Waals surface area contributed by atoms with Crippen LogP contribution in [0.5, 0.6) is 5.75 Å². The number of halogens is 2. The summed E-state index contributed by atoms with van der Waals surface area (Å²) in [4.78, 5) is 0. The Morgan fingerprint density at radius 2 is 2.18 bits per heavy atom. The Bertz CT molecular complexity index is 444. The van der Waals surface area contributed by atoms with Gasteiger partial charge in [0.15, 0.2) is 0 Å². The molecule has 0 saturated heterocycles. The Morgan fingerprint density at radius 3 is 2.71 bits per heavy atom. The molecular weight excluding hydrogens is 261 g/mol. The average molecular weight is 274 g/mol. The van der Waals surface area contributed by atoms with Crippen LogP contribution in [0.25, 0.3) is 0 Å². The Kier molecular flexibility index (Phi) is 5.32. The van der Waals surface area contributed by atoms with E-state index in [9.17, 15) is 0 Å². The molecule has 0 bridgehead atoms. The van der Waals surface area contributed by atoms with E-state index < -0.39 is 6.10 Å². The van der Waals surface area contributed by atoms with Crippen molar-refractivity contribution < 1.29 is 9.94 Å². The first-order chi connectivity index (χ1) is 8.08. The molecule has 0 amide bonds. The number of ether oxygens (including phenoxy) is 1. The van der Waals surface area contributed by atoms with E-state index in [-0.39, 0.29) is 0 Å². The van der Waals surface area contributed by atoms with E-state index in [0.717, 1.165) is 0 Å². The molecule has 1 atom stereocenters. The van der Waals surface area contributed by atoms with Gasteiger partial charge in [0.2, 0.25) is 0 Å². The van der Waals surface area contributed by atoms with Crippen molar-refractivity contribution in [3.63, 3.8) is 0 Å². The molecule has 1 aromatic rings. The van der Waals surface area contributed by atoms with Crippen molar-refractivity contribution in [1.82, 2.24) is 0 Å². The molecule has 3 nitrogen and oxygen atoms in total. The van der Waals surface area contributed by atoms with Gasteiger partial charge in [0.05, 0.1) is 5.02 Å². The molecule has 1 N–H and O–H groups in total. The molecule has 0 heterocycles. The Hall–Kier alpha value is -1.19. The third kappa shape index (κ3) is 3.95. The molecule has 0 aliphatic carbocycles. The van der Waals surface area contributed by atoms with Crippen LogP contribution >= 0.6 is 23.2 Å². The molecule has 1 unspecified atom stereocenters. The topological polar surface area (TPSA) is 41.8 Å². The maximum Gasteiger partial charge on any atom is 0.141 e. The molecule has 0 radical (unpaired) electrons. The summed E-state index contributed by atoms with van der Waals surface area (Å²) >= 11 is 11.7. The van der Waals surface area contributed by atoms with Crippen LogP contribution in [0.1, 0.15) is 13.8 Å². The van der Waals surface area contributed by atoms with Gasteiger partial charge in [-0.25, -0.2) is 0 Å². The maximum atomic E-state index is 8.82. The van der Waals surface area contributed by atoms with Gasteiger partial charge in [0.25, 0.3) is 0 Å². The molecule has 0 aliphatic rings. The number of oxime groups is 1. The van der Waals surface area contributed by atoms with Gasteiger partial charge in [-0.15, -0.1) is 0 Å². The lowest BCUT2D eigenvalue weighted by molar-refractivity contribution is 0.269. The van der Waals surface area contributed by atoms with Crippen molar-refractivity contribution in [2.24, 2.45) is 5.16 Å². The van der Waals surface area contributed by atoms with Crippen molar-refractivity contribution in [2.45, 2.75) is 20.0 Å². The lowest BCUT2D eigenvalue weighted by Gasteiger charge is -2.15. The summed E-state index contributed by atoms with van der Waals surface area (Å²) in [6, 6.07) is 4.95. The molecule has 17 heavy (non-hydrogen) atoms. The van der Waals surface area contributed by atoms with E-state index in [0.29, 0.717) is 21.5 Å². The number of hydrogen-bond donors (Lipinski definition) is 1. The molecule has 0 aromatic heterocycles. The van der Waals surface area contributed by atoms with Crippen LogP contribution < -0.4 is 4.74 Å². The zero-order valence-electron chi connectivity index (χ0n) is 9.52. The second-order valence-electron chi connectivity index (χ2n) is 3.36. The van der Waals surface area contributed by atoms with E-state index in [4.69, 9.17) is 33.1 Å². The highest BCUT2D eigenvalue weighted by Gasteiger charge is 2.12. The summed E-state index contributed by atoms with van der Waals surface area (Å²) in [7, 11) is 0. The monoisotopic (exact) mass is 273 g/mol. The summed E-state index contributed by atoms with van der Waals surface area (Å²) in [5.74, 6) is 0.495.